The Morgan fingerprint density at radius 1 is 0.909 bits per heavy atom. The molecule has 22 heavy (non-hydrogen) atoms. The van der Waals surface area contributed by atoms with Gasteiger partial charge in [-0.3, -0.25) is 4.79 Å². The maximum Gasteiger partial charge on any atom is 0.235 e. The average Bonchev–Trinajstić information content (AvgIpc) is 2.40. The number of hydrogen-bond acceptors (Lipinski definition) is 4. The van der Waals surface area contributed by atoms with Crippen LogP contribution in [-0.4, -0.2) is 20.3 Å². The highest BCUT2D eigenvalue weighted by Crippen LogP contribution is 2.32. The minimum Gasteiger partial charge on any atom is -0.508 e. The summed E-state index contributed by atoms with van der Waals surface area (Å²) in [4.78, 5) is 14.7. The Balaban J connectivity index is 2.40. The number of rotatable bonds is 1. The molecule has 5 nitrogen and oxygen atoms in total. The first-order valence-corrected chi connectivity index (χ1v) is 6.14. The molecule has 0 amide bonds. The molecule has 0 aliphatic rings. The molecular formula is C15H9F2NO4. The van der Waals surface area contributed by atoms with Crippen molar-refractivity contribution in [1.29, 1.82) is 0 Å². The summed E-state index contributed by atoms with van der Waals surface area (Å²) >= 11 is 0. The van der Waals surface area contributed by atoms with Gasteiger partial charge >= 0.3 is 0 Å². The number of hydrogen-bond donors (Lipinski definition) is 4. The summed E-state index contributed by atoms with van der Waals surface area (Å²) in [6, 6.07) is 4.61. The van der Waals surface area contributed by atoms with Crippen LogP contribution in [-0.2, 0) is 0 Å². The van der Waals surface area contributed by atoms with E-state index in [-0.39, 0.29) is 27.9 Å². The van der Waals surface area contributed by atoms with Gasteiger partial charge in [0.25, 0.3) is 0 Å². The third-order valence-electron chi connectivity index (χ3n) is 3.19. The summed E-state index contributed by atoms with van der Waals surface area (Å²) in [6.45, 7) is 0. The summed E-state index contributed by atoms with van der Waals surface area (Å²) in [6.07, 6.45) is 0. The summed E-state index contributed by atoms with van der Waals surface area (Å²) in [5.41, 5.74) is -1.22. The van der Waals surface area contributed by atoms with Gasteiger partial charge in [-0.1, -0.05) is 0 Å². The number of pyridine rings is 1. The van der Waals surface area contributed by atoms with E-state index in [0.717, 1.165) is 24.3 Å². The first kappa shape index (κ1) is 13.9. The number of aromatic nitrogens is 1. The highest BCUT2D eigenvalue weighted by Gasteiger charge is 2.17. The predicted octanol–water partition coefficient (Wildman–Crippen LogP) is 2.59. The van der Waals surface area contributed by atoms with E-state index < -0.39 is 28.6 Å². The minimum atomic E-state index is -0.925. The van der Waals surface area contributed by atoms with Crippen LogP contribution in [0.15, 0.2) is 35.1 Å². The van der Waals surface area contributed by atoms with Gasteiger partial charge in [0.15, 0.2) is 5.75 Å². The lowest BCUT2D eigenvalue weighted by molar-refractivity contribution is 0.452. The van der Waals surface area contributed by atoms with E-state index in [1.54, 1.807) is 0 Å². The minimum absolute atomic E-state index is 0.0139. The zero-order valence-electron chi connectivity index (χ0n) is 10.9. The smallest absolute Gasteiger partial charge is 0.235 e. The fraction of sp³-hybridized carbons (Fsp3) is 0. The lowest BCUT2D eigenvalue weighted by atomic mass is 10.1. The predicted molar refractivity (Wildman–Crippen MR) is 74.9 cm³/mol. The Labute approximate surface area is 121 Å². The Morgan fingerprint density at radius 2 is 1.55 bits per heavy atom. The molecule has 0 saturated heterocycles. The number of phenolic OH excluding ortho intramolecular Hbond substituents is 2. The van der Waals surface area contributed by atoms with Crippen molar-refractivity contribution in [3.63, 3.8) is 0 Å². The number of H-pyrrole nitrogens is 1. The van der Waals surface area contributed by atoms with Gasteiger partial charge in [-0.05, 0) is 12.1 Å². The molecule has 112 valence electrons. The van der Waals surface area contributed by atoms with E-state index >= 15 is 0 Å². The van der Waals surface area contributed by atoms with Gasteiger partial charge < -0.3 is 20.3 Å². The van der Waals surface area contributed by atoms with Crippen LogP contribution in [0.5, 0.6) is 17.2 Å². The normalized spacial score (nSPS) is 11.0. The molecule has 1 heterocycles. The molecule has 0 fully saturated rings. The highest BCUT2D eigenvalue weighted by atomic mass is 19.1. The number of fused-ring (bicyclic) bond motifs is 1. The van der Waals surface area contributed by atoms with Crippen LogP contribution in [0.1, 0.15) is 0 Å². The van der Waals surface area contributed by atoms with Crippen molar-refractivity contribution in [2.45, 2.75) is 0 Å². The van der Waals surface area contributed by atoms with E-state index in [1.165, 1.54) is 0 Å². The molecule has 7 heteroatoms. The quantitative estimate of drug-likeness (QED) is 0.556. The summed E-state index contributed by atoms with van der Waals surface area (Å²) in [7, 11) is 0. The third kappa shape index (κ3) is 2.12. The molecule has 0 aliphatic carbocycles. The van der Waals surface area contributed by atoms with Crippen LogP contribution in [0.25, 0.3) is 22.2 Å². The number of halogens is 2. The van der Waals surface area contributed by atoms with Crippen molar-refractivity contribution in [3.8, 4) is 28.5 Å². The first-order chi connectivity index (χ1) is 10.4. The SMILES string of the molecule is O=c1c(O)c(-c2cc(F)cc(F)c2)[nH]c2cc(O)cc(O)c12. The molecule has 0 aliphatic heterocycles. The summed E-state index contributed by atoms with van der Waals surface area (Å²) in [5.74, 6) is -3.40. The number of aromatic hydroxyl groups is 3. The van der Waals surface area contributed by atoms with Crippen molar-refractivity contribution < 1.29 is 24.1 Å². The largest absolute Gasteiger partial charge is 0.508 e. The van der Waals surface area contributed by atoms with Gasteiger partial charge in [0.05, 0.1) is 16.6 Å². The Hall–Kier alpha value is -3.09. The van der Waals surface area contributed by atoms with Gasteiger partial charge in [0, 0.05) is 23.8 Å². The number of nitrogens with one attached hydrogen (secondary N) is 1. The zero-order chi connectivity index (χ0) is 16.0. The second-order valence-electron chi connectivity index (χ2n) is 4.72. The second-order valence-corrected chi connectivity index (χ2v) is 4.72. The number of phenols is 2. The van der Waals surface area contributed by atoms with Crippen molar-refractivity contribution in [2.75, 3.05) is 0 Å². The fourth-order valence-electron chi connectivity index (χ4n) is 2.28. The number of benzene rings is 2. The highest BCUT2D eigenvalue weighted by molar-refractivity contribution is 5.90. The van der Waals surface area contributed by atoms with Gasteiger partial charge in [-0.15, -0.1) is 0 Å². The average molecular weight is 305 g/mol. The molecule has 0 spiro atoms. The third-order valence-corrected chi connectivity index (χ3v) is 3.19. The van der Waals surface area contributed by atoms with Crippen LogP contribution in [0.4, 0.5) is 8.78 Å². The monoisotopic (exact) mass is 305 g/mol. The fourth-order valence-corrected chi connectivity index (χ4v) is 2.28. The van der Waals surface area contributed by atoms with E-state index in [4.69, 9.17) is 0 Å². The van der Waals surface area contributed by atoms with Crippen LogP contribution in [0.2, 0.25) is 0 Å². The maximum absolute atomic E-state index is 13.3. The van der Waals surface area contributed by atoms with E-state index in [1.807, 2.05) is 0 Å². The first-order valence-electron chi connectivity index (χ1n) is 6.14. The Morgan fingerprint density at radius 3 is 2.18 bits per heavy atom. The molecule has 3 rings (SSSR count). The van der Waals surface area contributed by atoms with Crippen LogP contribution >= 0.6 is 0 Å². The lowest BCUT2D eigenvalue weighted by Crippen LogP contribution is -2.05. The van der Waals surface area contributed by atoms with Crippen molar-refractivity contribution in [1.82, 2.24) is 4.98 Å². The molecule has 1 aromatic heterocycles. The van der Waals surface area contributed by atoms with Crippen molar-refractivity contribution in [2.24, 2.45) is 0 Å². The van der Waals surface area contributed by atoms with Crippen LogP contribution in [0.3, 0.4) is 0 Å². The van der Waals surface area contributed by atoms with E-state index in [9.17, 15) is 28.9 Å². The van der Waals surface area contributed by atoms with E-state index in [0.29, 0.717) is 6.07 Å². The topological polar surface area (TPSA) is 93.5 Å². The molecule has 2 aromatic carbocycles. The molecular weight excluding hydrogens is 296 g/mol. The van der Waals surface area contributed by atoms with Gasteiger partial charge in [-0.2, -0.15) is 0 Å². The zero-order valence-corrected chi connectivity index (χ0v) is 10.9. The summed E-state index contributed by atoms with van der Waals surface area (Å²) in [5, 5.41) is 28.9. The maximum atomic E-state index is 13.3. The van der Waals surface area contributed by atoms with E-state index in [2.05, 4.69) is 4.98 Å². The van der Waals surface area contributed by atoms with Gasteiger partial charge in [0.1, 0.15) is 23.1 Å². The Kier molecular flexibility index (Phi) is 2.98. The molecule has 0 bridgehead atoms. The standard InChI is InChI=1S/C15H9F2NO4/c16-7-1-6(2-8(17)3-7)13-15(22)14(21)12-10(18-13)4-9(19)5-11(12)20/h1-5,19-20,22H,(H,18,21). The molecule has 0 saturated carbocycles. The van der Waals surface area contributed by atoms with Crippen LogP contribution < -0.4 is 5.43 Å². The Bertz CT molecular complexity index is 946. The van der Waals surface area contributed by atoms with Crippen LogP contribution in [0, 0.1) is 11.6 Å². The molecule has 0 unspecified atom stereocenters. The van der Waals surface area contributed by atoms with Gasteiger partial charge in [0.2, 0.25) is 5.43 Å². The molecule has 0 radical (unpaired) electrons. The lowest BCUT2D eigenvalue weighted by Gasteiger charge is -2.09. The number of aromatic amines is 1. The summed E-state index contributed by atoms with van der Waals surface area (Å²) < 4.78 is 26.6. The van der Waals surface area contributed by atoms with Gasteiger partial charge in [-0.25, -0.2) is 8.78 Å². The van der Waals surface area contributed by atoms with Crippen molar-refractivity contribution >= 4 is 10.9 Å². The molecule has 0 atom stereocenters. The molecule has 4 N–H and O–H groups in total. The second kappa shape index (κ2) is 4.73. The van der Waals surface area contributed by atoms with Crippen molar-refractivity contribution in [3.05, 3.63) is 52.2 Å². The molecule has 3 aromatic rings.